The lowest BCUT2D eigenvalue weighted by Gasteiger charge is -2.36. The second kappa shape index (κ2) is 4.64. The largest absolute Gasteiger partial charge is 0.275 e. The third-order valence-electron chi connectivity index (χ3n) is 3.40. The molecule has 0 saturated carbocycles. The van der Waals surface area contributed by atoms with Gasteiger partial charge in [0.15, 0.2) is 0 Å². The summed E-state index contributed by atoms with van der Waals surface area (Å²) in [5, 5.41) is 0. The van der Waals surface area contributed by atoms with Crippen LogP contribution in [0.5, 0.6) is 0 Å². The minimum Gasteiger partial charge on any atom is -0.275 e. The zero-order valence-corrected chi connectivity index (χ0v) is 11.1. The van der Waals surface area contributed by atoms with Crippen LogP contribution in [0.3, 0.4) is 0 Å². The highest BCUT2D eigenvalue weighted by atomic mass is 79.9. The second-order valence-corrected chi connectivity index (χ2v) is 5.49. The molecule has 1 heterocycles. The number of alkyl halides is 1. The fourth-order valence-electron chi connectivity index (χ4n) is 2.28. The van der Waals surface area contributed by atoms with Gasteiger partial charge < -0.3 is 0 Å². The van der Waals surface area contributed by atoms with E-state index in [1.807, 2.05) is 13.8 Å². The van der Waals surface area contributed by atoms with Gasteiger partial charge in [-0.3, -0.25) is 14.5 Å². The first-order valence-corrected chi connectivity index (χ1v) is 6.41. The predicted octanol–water partition coefficient (Wildman–Crippen LogP) is 2.48. The quantitative estimate of drug-likeness (QED) is 0.743. The molecule has 2 amide bonds. The number of imide groups is 1. The molecule has 1 fully saturated rings. The first kappa shape index (κ1) is 12.7. The number of nitrogens with zero attached hydrogens (tertiary/aromatic N) is 1. The molecule has 15 heavy (non-hydrogen) atoms. The molecule has 0 aliphatic carbocycles. The van der Waals surface area contributed by atoms with Crippen molar-refractivity contribution in [2.24, 2.45) is 0 Å². The van der Waals surface area contributed by atoms with E-state index in [1.165, 1.54) is 4.90 Å². The van der Waals surface area contributed by atoms with Crippen LogP contribution in [0.2, 0.25) is 0 Å². The highest BCUT2D eigenvalue weighted by molar-refractivity contribution is 9.10. The van der Waals surface area contributed by atoms with Crippen molar-refractivity contribution in [3.8, 4) is 0 Å². The highest BCUT2D eigenvalue weighted by Gasteiger charge is 2.46. The summed E-state index contributed by atoms with van der Waals surface area (Å²) in [5.74, 6) is -0.115. The molecule has 0 aromatic rings. The predicted molar refractivity (Wildman–Crippen MR) is 62.8 cm³/mol. The van der Waals surface area contributed by atoms with Gasteiger partial charge in [-0.1, -0.05) is 29.8 Å². The minimum absolute atomic E-state index is 0.0185. The summed E-state index contributed by atoms with van der Waals surface area (Å²) >= 11 is 3.24. The third kappa shape index (κ3) is 2.10. The molecule has 0 aromatic carbocycles. The number of carbonyl (C=O) groups excluding carboxylic acids is 2. The van der Waals surface area contributed by atoms with E-state index in [1.54, 1.807) is 6.92 Å². The molecule has 0 spiro atoms. The molecule has 1 unspecified atom stereocenters. The van der Waals surface area contributed by atoms with Gasteiger partial charge in [-0.05, 0) is 26.2 Å². The van der Waals surface area contributed by atoms with Gasteiger partial charge in [0.05, 0.1) is 10.4 Å². The van der Waals surface area contributed by atoms with Gasteiger partial charge in [-0.15, -0.1) is 0 Å². The highest BCUT2D eigenvalue weighted by Crippen LogP contribution is 2.37. The van der Waals surface area contributed by atoms with E-state index in [-0.39, 0.29) is 22.2 Å². The number of hydrogen-bond acceptors (Lipinski definition) is 2. The Hall–Kier alpha value is -0.380. The third-order valence-corrected chi connectivity index (χ3v) is 3.80. The van der Waals surface area contributed by atoms with Crippen molar-refractivity contribution in [1.82, 2.24) is 4.90 Å². The van der Waals surface area contributed by atoms with Crippen LogP contribution in [0.1, 0.15) is 46.5 Å². The van der Waals surface area contributed by atoms with Gasteiger partial charge in [0.1, 0.15) is 0 Å². The molecule has 1 aliphatic heterocycles. The number of amides is 2. The Morgan fingerprint density at radius 1 is 1.53 bits per heavy atom. The zero-order chi connectivity index (χ0) is 11.6. The molecule has 1 atom stereocenters. The lowest BCUT2D eigenvalue weighted by atomic mass is 9.90. The first-order valence-electron chi connectivity index (χ1n) is 5.49. The van der Waals surface area contributed by atoms with Gasteiger partial charge in [0, 0.05) is 6.42 Å². The van der Waals surface area contributed by atoms with Crippen LogP contribution in [0, 0.1) is 0 Å². The summed E-state index contributed by atoms with van der Waals surface area (Å²) in [6.07, 6.45) is 3.01. The van der Waals surface area contributed by atoms with Crippen molar-refractivity contribution in [3.63, 3.8) is 0 Å². The lowest BCUT2D eigenvalue weighted by molar-refractivity contribution is -0.147. The molecule has 0 N–H and O–H groups in total. The van der Waals surface area contributed by atoms with E-state index in [0.717, 1.165) is 19.3 Å². The molecule has 0 radical (unpaired) electrons. The molecule has 1 saturated heterocycles. The molecule has 1 aliphatic rings. The maximum Gasteiger partial charge on any atom is 0.243 e. The van der Waals surface area contributed by atoms with Crippen molar-refractivity contribution in [1.29, 1.82) is 0 Å². The van der Waals surface area contributed by atoms with Crippen LogP contribution in [0.25, 0.3) is 0 Å². The number of hydrogen-bond donors (Lipinski definition) is 0. The van der Waals surface area contributed by atoms with E-state index in [4.69, 9.17) is 0 Å². The Bertz CT molecular complexity index is 272. The van der Waals surface area contributed by atoms with Crippen molar-refractivity contribution in [2.75, 3.05) is 0 Å². The molecule has 3 nitrogen and oxygen atoms in total. The van der Waals surface area contributed by atoms with E-state index < -0.39 is 0 Å². The average molecular weight is 276 g/mol. The molecule has 0 aromatic heterocycles. The summed E-state index contributed by atoms with van der Waals surface area (Å²) in [5.41, 5.74) is -0.226. The second-order valence-electron chi connectivity index (χ2n) is 4.11. The average Bonchev–Trinajstić information content (AvgIpc) is 2.55. The summed E-state index contributed by atoms with van der Waals surface area (Å²) in [6.45, 7) is 5.85. The van der Waals surface area contributed by atoms with Gasteiger partial charge in [-0.2, -0.15) is 0 Å². The Morgan fingerprint density at radius 2 is 2.07 bits per heavy atom. The fourth-order valence-corrected chi connectivity index (χ4v) is 2.49. The first-order chi connectivity index (χ1) is 6.98. The van der Waals surface area contributed by atoms with Gasteiger partial charge in [0.25, 0.3) is 0 Å². The van der Waals surface area contributed by atoms with Crippen molar-refractivity contribution in [3.05, 3.63) is 0 Å². The van der Waals surface area contributed by atoms with E-state index in [2.05, 4.69) is 15.9 Å². The van der Waals surface area contributed by atoms with Crippen LogP contribution >= 0.6 is 15.9 Å². The molecular formula is C11H18BrNO2. The van der Waals surface area contributed by atoms with E-state index >= 15 is 0 Å². The zero-order valence-electron chi connectivity index (χ0n) is 9.55. The van der Waals surface area contributed by atoms with Crippen molar-refractivity contribution >= 4 is 27.7 Å². The minimum atomic E-state index is -0.281. The Labute approximate surface area is 99.3 Å². The summed E-state index contributed by atoms with van der Waals surface area (Å²) < 4.78 is 0. The Morgan fingerprint density at radius 3 is 2.47 bits per heavy atom. The topological polar surface area (TPSA) is 37.4 Å². The molecule has 86 valence electrons. The number of carbonyl (C=O) groups is 2. The number of likely N-dealkylation sites (tertiary alicyclic amines) is 1. The summed E-state index contributed by atoms with van der Waals surface area (Å²) in [7, 11) is 0. The van der Waals surface area contributed by atoms with Crippen LogP contribution in [-0.4, -0.2) is 27.1 Å². The Kier molecular flexibility index (Phi) is 3.93. The SMILES string of the molecule is CCC1(CC)CCC(=O)N1C(=O)C(C)Br. The van der Waals surface area contributed by atoms with Gasteiger partial charge in [0.2, 0.25) is 11.8 Å². The van der Waals surface area contributed by atoms with Crippen LogP contribution < -0.4 is 0 Å². The smallest absolute Gasteiger partial charge is 0.243 e. The summed E-state index contributed by atoms with van der Waals surface area (Å²) in [6, 6.07) is 0. The van der Waals surface area contributed by atoms with Gasteiger partial charge in [-0.25, -0.2) is 0 Å². The monoisotopic (exact) mass is 275 g/mol. The standard InChI is InChI=1S/C11H18BrNO2/c1-4-11(5-2)7-6-9(14)13(11)10(15)8(3)12/h8H,4-7H2,1-3H3. The molecule has 1 rings (SSSR count). The molecular weight excluding hydrogens is 258 g/mol. The van der Waals surface area contributed by atoms with Crippen LogP contribution in [0.4, 0.5) is 0 Å². The lowest BCUT2D eigenvalue weighted by Crippen LogP contribution is -2.50. The van der Waals surface area contributed by atoms with E-state index in [9.17, 15) is 9.59 Å². The number of halogens is 1. The maximum atomic E-state index is 11.9. The maximum absolute atomic E-state index is 11.9. The van der Waals surface area contributed by atoms with Crippen molar-refractivity contribution in [2.45, 2.75) is 56.8 Å². The number of rotatable bonds is 3. The van der Waals surface area contributed by atoms with Gasteiger partial charge >= 0.3 is 0 Å². The normalized spacial score (nSPS) is 21.9. The van der Waals surface area contributed by atoms with Crippen molar-refractivity contribution < 1.29 is 9.59 Å². The van der Waals surface area contributed by atoms with Crippen LogP contribution in [-0.2, 0) is 9.59 Å². The summed E-state index contributed by atoms with van der Waals surface area (Å²) in [4.78, 5) is 24.9. The van der Waals surface area contributed by atoms with Crippen LogP contribution in [0.15, 0.2) is 0 Å². The molecule has 0 bridgehead atoms. The Balaban J connectivity index is 3.00. The fraction of sp³-hybridized carbons (Fsp3) is 0.818. The van der Waals surface area contributed by atoms with E-state index in [0.29, 0.717) is 6.42 Å². The molecule has 4 heteroatoms.